The van der Waals surface area contributed by atoms with E-state index in [1.54, 1.807) is 6.92 Å². The fraction of sp³-hybridized carbons (Fsp3) is 0.600. The Hall–Kier alpha value is -0.730. The molecule has 0 radical (unpaired) electrons. The van der Waals surface area contributed by atoms with Gasteiger partial charge in [-0.05, 0) is 42.9 Å². The van der Waals surface area contributed by atoms with Crippen molar-refractivity contribution in [1.82, 2.24) is 0 Å². The van der Waals surface area contributed by atoms with E-state index in [0.29, 0.717) is 0 Å². The van der Waals surface area contributed by atoms with Gasteiger partial charge >= 0.3 is 0 Å². The van der Waals surface area contributed by atoms with Crippen molar-refractivity contribution in [3.8, 4) is 0 Å². The Balaban J connectivity index is 2.15. The molecule has 2 rings (SSSR count). The molecule has 1 aliphatic rings. The summed E-state index contributed by atoms with van der Waals surface area (Å²) in [6.45, 7) is 8.50. The van der Waals surface area contributed by atoms with Gasteiger partial charge in [0.1, 0.15) is 0 Å². The predicted molar refractivity (Wildman–Crippen MR) is 77.2 cm³/mol. The summed E-state index contributed by atoms with van der Waals surface area (Å²) in [6.07, 6.45) is 0.783. The summed E-state index contributed by atoms with van der Waals surface area (Å²) in [6, 6.07) is 5.88. The molecule has 0 spiro atoms. The maximum absolute atomic E-state index is 9.55. The Morgan fingerprint density at radius 3 is 2.56 bits per heavy atom. The first-order valence-electron chi connectivity index (χ1n) is 6.71. The number of hydrogen-bond acceptors (Lipinski definition) is 2. The largest absolute Gasteiger partial charge is 0.389 e. The smallest absolute Gasteiger partial charge is 0.0762 e. The van der Waals surface area contributed by atoms with Crippen molar-refractivity contribution < 1.29 is 5.11 Å². The van der Waals surface area contributed by atoms with Crippen LogP contribution < -0.4 is 4.90 Å². The van der Waals surface area contributed by atoms with E-state index in [0.717, 1.165) is 41.2 Å². The molecule has 1 aromatic carbocycles. The highest BCUT2D eigenvalue weighted by Gasteiger charge is 2.26. The predicted octanol–water partition coefficient (Wildman–Crippen LogP) is 3.88. The molecule has 1 fully saturated rings. The van der Waals surface area contributed by atoms with Crippen molar-refractivity contribution in [3.05, 3.63) is 28.8 Å². The summed E-state index contributed by atoms with van der Waals surface area (Å²) in [5.74, 6) is 1.49. The Kier molecular flexibility index (Phi) is 4.18. The SMILES string of the molecule is CC(C)C1CCN(c2ccc([C@H](C)O)cc2Cl)C1. The number of rotatable bonds is 3. The summed E-state index contributed by atoms with van der Waals surface area (Å²) in [5, 5.41) is 10.3. The van der Waals surface area contributed by atoms with Gasteiger partial charge in [-0.15, -0.1) is 0 Å². The fourth-order valence-corrected chi connectivity index (χ4v) is 2.90. The van der Waals surface area contributed by atoms with Gasteiger partial charge in [-0.2, -0.15) is 0 Å². The number of benzene rings is 1. The van der Waals surface area contributed by atoms with Gasteiger partial charge in [0.25, 0.3) is 0 Å². The molecular formula is C15H22ClNO. The lowest BCUT2D eigenvalue weighted by Crippen LogP contribution is -2.21. The van der Waals surface area contributed by atoms with Crippen molar-refractivity contribution in [2.75, 3.05) is 18.0 Å². The Morgan fingerprint density at radius 1 is 1.33 bits per heavy atom. The molecule has 100 valence electrons. The summed E-state index contributed by atoms with van der Waals surface area (Å²) in [5.41, 5.74) is 1.98. The number of halogens is 1. The summed E-state index contributed by atoms with van der Waals surface area (Å²) in [4.78, 5) is 2.36. The monoisotopic (exact) mass is 267 g/mol. The molecule has 2 atom stereocenters. The average molecular weight is 268 g/mol. The molecule has 0 aromatic heterocycles. The van der Waals surface area contributed by atoms with Crippen LogP contribution in [0.5, 0.6) is 0 Å². The summed E-state index contributed by atoms with van der Waals surface area (Å²) >= 11 is 6.33. The van der Waals surface area contributed by atoms with Crippen LogP contribution in [0.2, 0.25) is 5.02 Å². The van der Waals surface area contributed by atoms with E-state index in [1.165, 1.54) is 6.42 Å². The maximum atomic E-state index is 9.55. The Morgan fingerprint density at radius 2 is 2.06 bits per heavy atom. The molecule has 2 nitrogen and oxygen atoms in total. The van der Waals surface area contributed by atoms with Crippen molar-refractivity contribution >= 4 is 17.3 Å². The van der Waals surface area contributed by atoms with Crippen LogP contribution >= 0.6 is 11.6 Å². The van der Waals surface area contributed by atoms with Crippen LogP contribution in [0.1, 0.15) is 38.9 Å². The van der Waals surface area contributed by atoms with Gasteiger partial charge < -0.3 is 10.0 Å². The second-order valence-electron chi connectivity index (χ2n) is 5.63. The molecule has 1 N–H and O–H groups in total. The third-order valence-electron chi connectivity index (χ3n) is 3.96. The lowest BCUT2D eigenvalue weighted by molar-refractivity contribution is 0.199. The lowest BCUT2D eigenvalue weighted by atomic mass is 9.95. The first-order chi connectivity index (χ1) is 8.49. The van der Waals surface area contributed by atoms with Crippen LogP contribution in [0.25, 0.3) is 0 Å². The highest BCUT2D eigenvalue weighted by molar-refractivity contribution is 6.33. The zero-order valence-electron chi connectivity index (χ0n) is 11.4. The number of hydrogen-bond donors (Lipinski definition) is 1. The van der Waals surface area contributed by atoms with Gasteiger partial charge in [0.15, 0.2) is 0 Å². The van der Waals surface area contributed by atoms with Gasteiger partial charge in [0, 0.05) is 13.1 Å². The van der Waals surface area contributed by atoms with Crippen molar-refractivity contribution in [3.63, 3.8) is 0 Å². The summed E-state index contributed by atoms with van der Waals surface area (Å²) < 4.78 is 0. The molecule has 1 heterocycles. The van der Waals surface area contributed by atoms with E-state index < -0.39 is 6.10 Å². The standard InChI is InChI=1S/C15H22ClNO/c1-10(2)13-6-7-17(9-13)15-5-4-12(11(3)18)8-14(15)16/h4-5,8,10-11,13,18H,6-7,9H2,1-3H3/t11-,13?/m0/s1. The topological polar surface area (TPSA) is 23.5 Å². The molecule has 0 bridgehead atoms. The third kappa shape index (κ3) is 2.81. The van der Waals surface area contributed by atoms with E-state index in [9.17, 15) is 5.11 Å². The molecule has 0 saturated carbocycles. The molecule has 1 aliphatic heterocycles. The maximum Gasteiger partial charge on any atom is 0.0762 e. The first-order valence-corrected chi connectivity index (χ1v) is 7.09. The molecule has 3 heteroatoms. The van der Waals surface area contributed by atoms with Gasteiger partial charge in [-0.3, -0.25) is 0 Å². The molecule has 18 heavy (non-hydrogen) atoms. The average Bonchev–Trinajstić information content (AvgIpc) is 2.78. The minimum atomic E-state index is -0.460. The van der Waals surface area contributed by atoms with Gasteiger partial charge in [0.2, 0.25) is 0 Å². The number of aliphatic hydroxyl groups is 1. The van der Waals surface area contributed by atoms with Gasteiger partial charge in [0.05, 0.1) is 16.8 Å². The molecule has 0 amide bonds. The van der Waals surface area contributed by atoms with Gasteiger partial charge in [-0.1, -0.05) is 31.5 Å². The van der Waals surface area contributed by atoms with Crippen molar-refractivity contribution in [2.45, 2.75) is 33.3 Å². The first kappa shape index (κ1) is 13.7. The van der Waals surface area contributed by atoms with Crippen molar-refractivity contribution in [2.24, 2.45) is 11.8 Å². The zero-order chi connectivity index (χ0) is 13.3. The van der Waals surface area contributed by atoms with E-state index in [2.05, 4.69) is 18.7 Å². The summed E-state index contributed by atoms with van der Waals surface area (Å²) in [7, 11) is 0. The Bertz CT molecular complexity index is 417. The molecule has 0 aliphatic carbocycles. The van der Waals surface area contributed by atoms with Crippen LogP contribution in [0.4, 0.5) is 5.69 Å². The van der Waals surface area contributed by atoms with Crippen LogP contribution in [-0.4, -0.2) is 18.2 Å². The molecule has 1 saturated heterocycles. The minimum Gasteiger partial charge on any atom is -0.389 e. The van der Waals surface area contributed by atoms with Crippen LogP contribution in [-0.2, 0) is 0 Å². The molecule has 1 aromatic rings. The number of aliphatic hydroxyl groups excluding tert-OH is 1. The van der Waals surface area contributed by atoms with Crippen LogP contribution in [0, 0.1) is 11.8 Å². The fourth-order valence-electron chi connectivity index (χ4n) is 2.59. The van der Waals surface area contributed by atoms with E-state index in [1.807, 2.05) is 18.2 Å². The highest BCUT2D eigenvalue weighted by atomic mass is 35.5. The third-order valence-corrected chi connectivity index (χ3v) is 4.27. The second-order valence-corrected chi connectivity index (χ2v) is 6.03. The quantitative estimate of drug-likeness (QED) is 0.899. The molecule has 1 unspecified atom stereocenters. The highest BCUT2D eigenvalue weighted by Crippen LogP contribution is 2.34. The number of nitrogens with zero attached hydrogens (tertiary/aromatic N) is 1. The minimum absolute atomic E-state index is 0.460. The van der Waals surface area contributed by atoms with E-state index >= 15 is 0 Å². The Labute approximate surface area is 115 Å². The van der Waals surface area contributed by atoms with E-state index in [-0.39, 0.29) is 0 Å². The van der Waals surface area contributed by atoms with Crippen molar-refractivity contribution in [1.29, 1.82) is 0 Å². The van der Waals surface area contributed by atoms with Crippen LogP contribution in [0.15, 0.2) is 18.2 Å². The van der Waals surface area contributed by atoms with E-state index in [4.69, 9.17) is 11.6 Å². The lowest BCUT2D eigenvalue weighted by Gasteiger charge is -2.22. The second kappa shape index (κ2) is 5.50. The number of anilines is 1. The van der Waals surface area contributed by atoms with Gasteiger partial charge in [-0.25, -0.2) is 0 Å². The normalized spacial score (nSPS) is 21.7. The zero-order valence-corrected chi connectivity index (χ0v) is 12.1. The van der Waals surface area contributed by atoms with Crippen LogP contribution in [0.3, 0.4) is 0 Å². The molecular weight excluding hydrogens is 246 g/mol.